The van der Waals surface area contributed by atoms with Crippen LogP contribution in [0.15, 0.2) is 30.4 Å². The number of fused-ring (bicyclic) bond motifs is 1. The van der Waals surface area contributed by atoms with Crippen molar-refractivity contribution in [3.05, 3.63) is 30.4 Å². The van der Waals surface area contributed by atoms with Crippen LogP contribution in [0.2, 0.25) is 0 Å². The number of anilines is 1. The van der Waals surface area contributed by atoms with Gasteiger partial charge in [0, 0.05) is 26.4 Å². The second-order valence-electron chi connectivity index (χ2n) is 4.16. The summed E-state index contributed by atoms with van der Waals surface area (Å²) < 4.78 is 58.0. The lowest BCUT2D eigenvalue weighted by Gasteiger charge is -2.17. The molecule has 0 aliphatic rings. The van der Waals surface area contributed by atoms with Gasteiger partial charge in [0.25, 0.3) is 0 Å². The van der Waals surface area contributed by atoms with Crippen molar-refractivity contribution in [2.75, 3.05) is 18.9 Å². The number of nitrogens with two attached hydrogens (primary N) is 1. The zero-order valence-electron chi connectivity index (χ0n) is 17.7. The highest BCUT2D eigenvalue weighted by atomic mass is 16.5. The van der Waals surface area contributed by atoms with E-state index < -0.39 is 19.6 Å². The minimum atomic E-state index is -2.72. The zero-order valence-corrected chi connectivity index (χ0v) is 10.7. The van der Waals surface area contributed by atoms with Crippen LogP contribution >= 0.6 is 0 Å². The van der Waals surface area contributed by atoms with Gasteiger partial charge in [-0.2, -0.15) is 0 Å². The molecule has 0 aliphatic carbocycles. The van der Waals surface area contributed by atoms with Crippen LogP contribution in [-0.4, -0.2) is 24.5 Å². The fraction of sp³-hybridized carbons (Fsp3) is 0.400. The normalized spacial score (nSPS) is 20.8. The Labute approximate surface area is 123 Å². The van der Waals surface area contributed by atoms with Crippen LogP contribution in [0.4, 0.5) is 5.69 Å². The number of benzene rings is 1. The molecule has 0 saturated carbocycles. The summed E-state index contributed by atoms with van der Waals surface area (Å²) >= 11 is 0. The largest absolute Gasteiger partial charge is 0.497 e. The maximum absolute atomic E-state index is 8.36. The molecule has 4 nitrogen and oxygen atoms in total. The van der Waals surface area contributed by atoms with E-state index in [1.165, 1.54) is 12.3 Å². The second-order valence-corrected chi connectivity index (χ2v) is 4.16. The summed E-state index contributed by atoms with van der Waals surface area (Å²) in [6.07, 6.45) is 1.58. The zero-order chi connectivity index (χ0) is 19.8. The van der Waals surface area contributed by atoms with Crippen molar-refractivity contribution in [2.24, 2.45) is 5.73 Å². The Morgan fingerprint density at radius 3 is 3.42 bits per heavy atom. The number of aromatic nitrogens is 1. The second kappa shape index (κ2) is 6.38. The fourth-order valence-corrected chi connectivity index (χ4v) is 1.79. The Morgan fingerprint density at radius 1 is 1.74 bits per heavy atom. The molecule has 0 spiro atoms. The standard InChI is InChI=1S/C15H21N3O/c1-11(5-3-7-16)18-14-10-13(19-2)9-12-6-4-8-17-15(12)14/h4,6,8-11,18H,3,5,7,16H2,1-2H3/i2D3,7D2,9D,11D. The minimum Gasteiger partial charge on any atom is -0.497 e. The van der Waals surface area contributed by atoms with Crippen LogP contribution < -0.4 is 15.8 Å². The lowest BCUT2D eigenvalue weighted by molar-refractivity contribution is 0.415. The van der Waals surface area contributed by atoms with Crippen molar-refractivity contribution in [2.45, 2.75) is 25.8 Å². The Bertz CT molecular complexity index is 787. The highest BCUT2D eigenvalue weighted by Gasteiger charge is 2.08. The third-order valence-corrected chi connectivity index (χ3v) is 2.70. The molecule has 4 heteroatoms. The van der Waals surface area contributed by atoms with Gasteiger partial charge in [0.05, 0.1) is 25.1 Å². The molecule has 0 amide bonds. The SMILES string of the molecule is [2H]c1c(OC([2H])([2H])[2H])cc(NC([2H])(C)CCC([2H])([2H])N)c2ncccc12. The number of hydrogen-bond donors (Lipinski definition) is 2. The summed E-state index contributed by atoms with van der Waals surface area (Å²) in [6, 6.07) is 3.15. The molecular formula is C15H21N3O. The molecule has 0 aliphatic heterocycles. The first-order chi connectivity index (χ1) is 11.8. The average molecular weight is 266 g/mol. The van der Waals surface area contributed by atoms with E-state index in [1.807, 2.05) is 0 Å². The lowest BCUT2D eigenvalue weighted by atomic mass is 10.1. The van der Waals surface area contributed by atoms with Gasteiger partial charge >= 0.3 is 0 Å². The Morgan fingerprint density at radius 2 is 2.63 bits per heavy atom. The molecule has 0 saturated heterocycles. The van der Waals surface area contributed by atoms with Crippen molar-refractivity contribution in [3.8, 4) is 5.75 Å². The molecule has 0 fully saturated rings. The van der Waals surface area contributed by atoms with Crippen LogP contribution in [0.25, 0.3) is 10.9 Å². The van der Waals surface area contributed by atoms with Gasteiger partial charge in [0.2, 0.25) is 0 Å². The average Bonchev–Trinajstić information content (AvgIpc) is 2.48. The van der Waals surface area contributed by atoms with E-state index in [1.54, 1.807) is 19.1 Å². The number of methoxy groups -OCH3 is 1. The molecule has 3 N–H and O–H groups in total. The Balaban J connectivity index is 2.44. The quantitative estimate of drug-likeness (QED) is 0.844. The molecule has 0 bridgehead atoms. The van der Waals surface area contributed by atoms with Crippen LogP contribution in [0.5, 0.6) is 5.75 Å². The highest BCUT2D eigenvalue weighted by Crippen LogP contribution is 2.28. The number of rotatable bonds is 6. The maximum Gasteiger partial charge on any atom is 0.121 e. The third-order valence-electron chi connectivity index (χ3n) is 2.70. The van der Waals surface area contributed by atoms with Gasteiger partial charge in [0.15, 0.2) is 0 Å². The smallest absolute Gasteiger partial charge is 0.121 e. The molecule has 1 atom stereocenters. The molecular weight excluding hydrogens is 238 g/mol. The van der Waals surface area contributed by atoms with E-state index >= 15 is 0 Å². The van der Waals surface area contributed by atoms with E-state index in [0.29, 0.717) is 16.6 Å². The van der Waals surface area contributed by atoms with Gasteiger partial charge in [0.1, 0.15) is 5.75 Å². The molecule has 1 heterocycles. The number of ether oxygens (including phenoxy) is 1. The van der Waals surface area contributed by atoms with Gasteiger partial charge in [-0.05, 0) is 38.4 Å². The highest BCUT2D eigenvalue weighted by molar-refractivity contribution is 5.91. The Kier molecular flexibility index (Phi) is 2.39. The first-order valence-corrected chi connectivity index (χ1v) is 5.92. The Hall–Kier alpha value is -1.81. The lowest BCUT2D eigenvalue weighted by Crippen LogP contribution is -2.17. The van der Waals surface area contributed by atoms with Gasteiger partial charge in [-0.3, -0.25) is 4.98 Å². The van der Waals surface area contributed by atoms with E-state index in [9.17, 15) is 0 Å². The maximum atomic E-state index is 8.36. The molecule has 1 unspecified atom stereocenters. The van der Waals surface area contributed by atoms with Crippen molar-refractivity contribution < 1.29 is 14.3 Å². The number of nitrogens with zero attached hydrogens (tertiary/aromatic N) is 1. The summed E-state index contributed by atoms with van der Waals surface area (Å²) in [4.78, 5) is 4.21. The van der Waals surface area contributed by atoms with Crippen LogP contribution in [0, 0.1) is 0 Å². The van der Waals surface area contributed by atoms with E-state index in [0.717, 1.165) is 0 Å². The first-order valence-electron chi connectivity index (χ1n) is 9.42. The molecule has 1 aromatic heterocycles. The van der Waals surface area contributed by atoms with Crippen LogP contribution in [0.3, 0.4) is 0 Å². The van der Waals surface area contributed by atoms with E-state index in [2.05, 4.69) is 10.3 Å². The molecule has 2 aromatic rings. The van der Waals surface area contributed by atoms with Crippen molar-refractivity contribution in [1.29, 1.82) is 0 Å². The number of hydrogen-bond acceptors (Lipinski definition) is 4. The number of pyridine rings is 1. The van der Waals surface area contributed by atoms with E-state index in [-0.39, 0.29) is 24.6 Å². The van der Waals surface area contributed by atoms with Gasteiger partial charge in [-0.15, -0.1) is 0 Å². The summed E-state index contributed by atoms with van der Waals surface area (Å²) in [5.41, 5.74) is 6.06. The fourth-order valence-electron chi connectivity index (χ4n) is 1.79. The van der Waals surface area contributed by atoms with Crippen molar-refractivity contribution in [1.82, 2.24) is 4.98 Å². The predicted molar refractivity (Wildman–Crippen MR) is 79.7 cm³/mol. The molecule has 102 valence electrons. The summed E-state index contributed by atoms with van der Waals surface area (Å²) in [7, 11) is -2.72. The molecule has 2 rings (SSSR count). The first kappa shape index (κ1) is 7.10. The van der Waals surface area contributed by atoms with Crippen molar-refractivity contribution in [3.63, 3.8) is 0 Å². The van der Waals surface area contributed by atoms with Gasteiger partial charge in [-0.25, -0.2) is 0 Å². The molecule has 19 heavy (non-hydrogen) atoms. The van der Waals surface area contributed by atoms with Crippen molar-refractivity contribution >= 4 is 16.6 Å². The molecule has 1 aromatic carbocycles. The van der Waals surface area contributed by atoms with Crippen LogP contribution in [0.1, 0.15) is 29.4 Å². The summed E-state index contributed by atoms with van der Waals surface area (Å²) in [5, 5.41) is 3.30. The van der Waals surface area contributed by atoms with Gasteiger partial charge in [-0.1, -0.05) is 6.07 Å². The molecule has 0 radical (unpaired) electrons. The monoisotopic (exact) mass is 266 g/mol. The van der Waals surface area contributed by atoms with E-state index in [4.69, 9.17) is 20.1 Å². The predicted octanol–water partition coefficient (Wildman–Crippen LogP) is 2.78. The third kappa shape index (κ3) is 3.35. The van der Waals surface area contributed by atoms with Gasteiger partial charge < -0.3 is 15.8 Å². The topological polar surface area (TPSA) is 60.2 Å². The minimum absolute atomic E-state index is 0.0412. The van der Waals surface area contributed by atoms with Crippen LogP contribution in [-0.2, 0) is 0 Å². The summed E-state index contributed by atoms with van der Waals surface area (Å²) in [6.45, 7) is -0.350. The number of nitrogens with one attached hydrogen (secondary N) is 1. The summed E-state index contributed by atoms with van der Waals surface area (Å²) in [5.74, 6) is -0.155.